The van der Waals surface area contributed by atoms with Gasteiger partial charge in [0, 0.05) is 24.6 Å². The minimum atomic E-state index is -4.43. The molecule has 0 saturated carbocycles. The molecule has 17 heavy (non-hydrogen) atoms. The summed E-state index contributed by atoms with van der Waals surface area (Å²) in [5.41, 5.74) is 6.82. The third kappa shape index (κ3) is 2.58. The first kappa shape index (κ1) is 11.5. The van der Waals surface area contributed by atoms with Crippen LogP contribution >= 0.6 is 0 Å². The van der Waals surface area contributed by atoms with Gasteiger partial charge in [0.15, 0.2) is 0 Å². The topological polar surface area (TPSA) is 43.8 Å². The molecule has 2 aromatic rings. The van der Waals surface area contributed by atoms with Crippen LogP contribution in [-0.4, -0.2) is 9.55 Å². The summed E-state index contributed by atoms with van der Waals surface area (Å²) in [6.07, 6.45) is -1.99. The van der Waals surface area contributed by atoms with Crippen LogP contribution in [0.1, 0.15) is 11.4 Å². The number of anilines is 1. The molecule has 90 valence electrons. The van der Waals surface area contributed by atoms with E-state index in [2.05, 4.69) is 4.98 Å². The second kappa shape index (κ2) is 4.12. The summed E-state index contributed by atoms with van der Waals surface area (Å²) in [4.78, 5) is 3.31. The van der Waals surface area contributed by atoms with Crippen LogP contribution in [0.15, 0.2) is 36.7 Å². The van der Waals surface area contributed by atoms with Crippen LogP contribution in [0.5, 0.6) is 0 Å². The highest BCUT2D eigenvalue weighted by Crippen LogP contribution is 2.28. The van der Waals surface area contributed by atoms with Gasteiger partial charge < -0.3 is 10.3 Å². The normalized spacial score (nSPS) is 11.7. The summed E-state index contributed by atoms with van der Waals surface area (Å²) in [6, 6.07) is 6.68. The molecule has 0 atom stereocenters. The largest absolute Gasteiger partial charge is 0.449 e. The lowest BCUT2D eigenvalue weighted by molar-refractivity contribution is -0.147. The maximum absolute atomic E-state index is 12.5. The zero-order valence-electron chi connectivity index (χ0n) is 8.78. The third-order valence-corrected chi connectivity index (χ3v) is 2.30. The first-order chi connectivity index (χ1) is 7.97. The van der Waals surface area contributed by atoms with Gasteiger partial charge in [0.25, 0.3) is 0 Å². The van der Waals surface area contributed by atoms with E-state index in [0.717, 1.165) is 16.3 Å². The summed E-state index contributed by atoms with van der Waals surface area (Å²) < 4.78 is 38.7. The number of hydrogen-bond acceptors (Lipinski definition) is 2. The van der Waals surface area contributed by atoms with Crippen molar-refractivity contribution in [2.45, 2.75) is 12.7 Å². The molecule has 1 aromatic heterocycles. The second-order valence-electron chi connectivity index (χ2n) is 3.62. The van der Waals surface area contributed by atoms with Crippen LogP contribution in [0.3, 0.4) is 0 Å². The summed E-state index contributed by atoms with van der Waals surface area (Å²) in [5, 5.41) is 0. The fourth-order valence-corrected chi connectivity index (χ4v) is 1.51. The summed E-state index contributed by atoms with van der Waals surface area (Å²) in [7, 11) is 0. The number of nitrogens with zero attached hydrogens (tertiary/aromatic N) is 2. The Kier molecular flexibility index (Phi) is 2.79. The summed E-state index contributed by atoms with van der Waals surface area (Å²) in [6.45, 7) is 0.120. The van der Waals surface area contributed by atoms with Gasteiger partial charge in [-0.25, -0.2) is 4.98 Å². The first-order valence-electron chi connectivity index (χ1n) is 4.89. The average Bonchev–Trinajstić information content (AvgIpc) is 2.69. The molecular weight excluding hydrogens is 231 g/mol. The van der Waals surface area contributed by atoms with Gasteiger partial charge in [0.2, 0.25) is 5.82 Å². The highest BCUT2D eigenvalue weighted by molar-refractivity contribution is 5.39. The average molecular weight is 241 g/mol. The van der Waals surface area contributed by atoms with Gasteiger partial charge in [0.05, 0.1) is 0 Å². The molecule has 0 bridgehead atoms. The lowest BCUT2D eigenvalue weighted by atomic mass is 10.2. The van der Waals surface area contributed by atoms with Crippen molar-refractivity contribution in [1.29, 1.82) is 0 Å². The highest BCUT2D eigenvalue weighted by Gasteiger charge is 2.35. The molecule has 2 N–H and O–H groups in total. The smallest absolute Gasteiger partial charge is 0.399 e. The molecule has 0 radical (unpaired) electrons. The van der Waals surface area contributed by atoms with Crippen molar-refractivity contribution < 1.29 is 13.2 Å². The van der Waals surface area contributed by atoms with Gasteiger partial charge in [-0.1, -0.05) is 12.1 Å². The van der Waals surface area contributed by atoms with Gasteiger partial charge in [-0.15, -0.1) is 0 Å². The number of imidazole rings is 1. The Bertz CT molecular complexity index is 499. The zero-order valence-corrected chi connectivity index (χ0v) is 8.78. The first-order valence-corrected chi connectivity index (χ1v) is 4.89. The molecule has 1 aromatic carbocycles. The number of nitrogen functional groups attached to an aromatic ring is 1. The second-order valence-corrected chi connectivity index (χ2v) is 3.62. The van der Waals surface area contributed by atoms with Gasteiger partial charge in [-0.05, 0) is 17.7 Å². The maximum atomic E-state index is 12.5. The van der Waals surface area contributed by atoms with Crippen molar-refractivity contribution in [2.75, 3.05) is 5.73 Å². The monoisotopic (exact) mass is 241 g/mol. The number of alkyl halides is 3. The molecule has 0 aliphatic heterocycles. The molecule has 0 fully saturated rings. The zero-order chi connectivity index (χ0) is 12.5. The molecule has 0 aliphatic rings. The number of halogens is 3. The van der Waals surface area contributed by atoms with E-state index in [4.69, 9.17) is 5.73 Å². The quantitative estimate of drug-likeness (QED) is 0.821. The number of aromatic nitrogens is 2. The van der Waals surface area contributed by atoms with Crippen molar-refractivity contribution in [3.05, 3.63) is 48.0 Å². The van der Waals surface area contributed by atoms with Gasteiger partial charge >= 0.3 is 6.18 Å². The highest BCUT2D eigenvalue weighted by atomic mass is 19.4. The van der Waals surface area contributed by atoms with E-state index in [0.29, 0.717) is 5.69 Å². The molecule has 2 rings (SSSR count). The van der Waals surface area contributed by atoms with Crippen LogP contribution in [0, 0.1) is 0 Å². The van der Waals surface area contributed by atoms with Crippen LogP contribution < -0.4 is 5.73 Å². The molecule has 0 spiro atoms. The molecule has 0 saturated heterocycles. The number of hydrogen-bond donors (Lipinski definition) is 1. The van der Waals surface area contributed by atoms with Crippen molar-refractivity contribution in [2.24, 2.45) is 0 Å². The van der Waals surface area contributed by atoms with E-state index in [1.165, 1.54) is 6.20 Å². The third-order valence-electron chi connectivity index (χ3n) is 2.30. The molecule has 6 heteroatoms. The molecule has 3 nitrogen and oxygen atoms in total. The van der Waals surface area contributed by atoms with E-state index in [-0.39, 0.29) is 6.54 Å². The van der Waals surface area contributed by atoms with Crippen molar-refractivity contribution in [1.82, 2.24) is 9.55 Å². The van der Waals surface area contributed by atoms with Crippen LogP contribution in [0.25, 0.3) is 0 Å². The van der Waals surface area contributed by atoms with E-state index >= 15 is 0 Å². The van der Waals surface area contributed by atoms with Gasteiger partial charge in [0.1, 0.15) is 0 Å². The van der Waals surface area contributed by atoms with Crippen molar-refractivity contribution in [3.63, 3.8) is 0 Å². The molecule has 0 unspecified atom stereocenters. The number of benzene rings is 1. The SMILES string of the molecule is Nc1ccc(Cn2ccnc2C(F)(F)F)cc1. The Hall–Kier alpha value is -1.98. The fourth-order valence-electron chi connectivity index (χ4n) is 1.51. The molecule has 1 heterocycles. The molecule has 0 amide bonds. The Morgan fingerprint density at radius 1 is 1.18 bits per heavy atom. The van der Waals surface area contributed by atoms with Crippen molar-refractivity contribution >= 4 is 5.69 Å². The predicted octanol–water partition coefficient (Wildman–Crippen LogP) is 2.53. The van der Waals surface area contributed by atoms with Gasteiger partial charge in [-0.2, -0.15) is 13.2 Å². The summed E-state index contributed by atoms with van der Waals surface area (Å²) in [5.74, 6) is -0.894. The van der Waals surface area contributed by atoms with E-state index in [9.17, 15) is 13.2 Å². The fraction of sp³-hybridized carbons (Fsp3) is 0.182. The summed E-state index contributed by atoms with van der Waals surface area (Å²) >= 11 is 0. The van der Waals surface area contributed by atoms with Crippen molar-refractivity contribution in [3.8, 4) is 0 Å². The predicted molar refractivity (Wildman–Crippen MR) is 57.2 cm³/mol. The van der Waals surface area contributed by atoms with E-state index in [1.807, 2.05) is 0 Å². The Balaban J connectivity index is 2.25. The van der Waals surface area contributed by atoms with Crippen LogP contribution in [-0.2, 0) is 12.7 Å². The van der Waals surface area contributed by atoms with E-state index < -0.39 is 12.0 Å². The number of rotatable bonds is 2. The lowest BCUT2D eigenvalue weighted by Gasteiger charge is -2.10. The van der Waals surface area contributed by atoms with Crippen LogP contribution in [0.2, 0.25) is 0 Å². The molecular formula is C11H10F3N3. The van der Waals surface area contributed by atoms with E-state index in [1.54, 1.807) is 24.3 Å². The van der Waals surface area contributed by atoms with Gasteiger partial charge in [-0.3, -0.25) is 0 Å². The minimum Gasteiger partial charge on any atom is -0.399 e. The Morgan fingerprint density at radius 2 is 1.82 bits per heavy atom. The van der Waals surface area contributed by atoms with Crippen LogP contribution in [0.4, 0.5) is 18.9 Å². The number of nitrogens with two attached hydrogens (primary N) is 1. The lowest BCUT2D eigenvalue weighted by Crippen LogP contribution is -2.15. The standard InChI is InChI=1S/C11H10F3N3/c12-11(13,14)10-16-5-6-17(10)7-8-1-3-9(15)4-2-8/h1-6H,7,15H2. The Labute approximate surface area is 95.7 Å². The minimum absolute atomic E-state index is 0.120. The Morgan fingerprint density at radius 3 is 2.41 bits per heavy atom. The molecule has 0 aliphatic carbocycles. The maximum Gasteiger partial charge on any atom is 0.449 e.